The Kier molecular flexibility index (Phi) is 3.50. The van der Waals surface area contributed by atoms with Gasteiger partial charge in [0.1, 0.15) is 0 Å². The normalized spacial score (nSPS) is 22.2. The summed E-state index contributed by atoms with van der Waals surface area (Å²) >= 11 is 6.02. The smallest absolute Gasteiger partial charge is 0.0460 e. The van der Waals surface area contributed by atoms with E-state index in [1.807, 2.05) is 0 Å². The Balaban J connectivity index is 1.85. The summed E-state index contributed by atoms with van der Waals surface area (Å²) in [6, 6.07) is 27.3. The number of rotatable bonds is 4. The predicted octanol–water partition coefficient (Wildman–Crippen LogP) is 6.24. The largest absolute Gasteiger partial charge is 0.127 e. The maximum atomic E-state index is 6.02. The van der Waals surface area contributed by atoms with Gasteiger partial charge in [0.25, 0.3) is 0 Å². The molecule has 0 saturated heterocycles. The number of benzene rings is 3. The first-order valence-electron chi connectivity index (χ1n) is 9.22. The highest BCUT2D eigenvalue weighted by atomic mass is 35.5. The fourth-order valence-electron chi connectivity index (χ4n) is 5.24. The molecule has 3 aromatic rings. The molecular formula is C24H21Cl. The SMILES string of the molecule is ClCCCCC12c3ccccc3C(c3ccccc31)c1ccccc12. The molecule has 25 heavy (non-hydrogen) atoms. The van der Waals surface area contributed by atoms with Crippen LogP contribution in [0.15, 0.2) is 72.8 Å². The van der Waals surface area contributed by atoms with Crippen LogP contribution in [0.1, 0.15) is 58.6 Å². The number of halogens is 1. The highest BCUT2D eigenvalue weighted by molar-refractivity contribution is 6.17. The summed E-state index contributed by atoms with van der Waals surface area (Å²) in [6.45, 7) is 0. The lowest BCUT2D eigenvalue weighted by atomic mass is 9.51. The second-order valence-corrected chi connectivity index (χ2v) is 7.62. The van der Waals surface area contributed by atoms with Crippen molar-refractivity contribution in [3.05, 3.63) is 106 Å². The third-order valence-electron chi connectivity index (χ3n) is 6.13. The van der Waals surface area contributed by atoms with Gasteiger partial charge in [-0.15, -0.1) is 11.6 Å². The second kappa shape index (κ2) is 5.75. The molecule has 3 aliphatic carbocycles. The Labute approximate surface area is 154 Å². The molecule has 0 amide bonds. The molecule has 3 aromatic carbocycles. The molecule has 2 bridgehead atoms. The summed E-state index contributed by atoms with van der Waals surface area (Å²) in [4.78, 5) is 0. The molecule has 0 atom stereocenters. The van der Waals surface area contributed by atoms with E-state index < -0.39 is 0 Å². The van der Waals surface area contributed by atoms with Gasteiger partial charge in [-0.3, -0.25) is 0 Å². The zero-order valence-electron chi connectivity index (χ0n) is 14.2. The first-order valence-corrected chi connectivity index (χ1v) is 9.75. The van der Waals surface area contributed by atoms with Crippen molar-refractivity contribution in [2.45, 2.75) is 30.6 Å². The zero-order valence-corrected chi connectivity index (χ0v) is 15.0. The van der Waals surface area contributed by atoms with Crippen molar-refractivity contribution in [3.8, 4) is 0 Å². The second-order valence-electron chi connectivity index (χ2n) is 7.25. The van der Waals surface area contributed by atoms with Gasteiger partial charge >= 0.3 is 0 Å². The molecule has 124 valence electrons. The number of hydrogen-bond donors (Lipinski definition) is 0. The summed E-state index contributed by atoms with van der Waals surface area (Å²) in [6.07, 6.45) is 3.34. The average Bonchev–Trinajstić information content (AvgIpc) is 2.68. The predicted molar refractivity (Wildman–Crippen MR) is 105 cm³/mol. The fraction of sp³-hybridized carbons (Fsp3) is 0.250. The fourth-order valence-corrected chi connectivity index (χ4v) is 5.43. The molecular weight excluding hydrogens is 324 g/mol. The Hall–Kier alpha value is -2.05. The van der Waals surface area contributed by atoms with Crippen LogP contribution in [0.4, 0.5) is 0 Å². The van der Waals surface area contributed by atoms with Gasteiger partial charge in [-0.05, 0) is 46.2 Å². The summed E-state index contributed by atoms with van der Waals surface area (Å²) in [5.41, 5.74) is 8.97. The highest BCUT2D eigenvalue weighted by Crippen LogP contribution is 2.60. The minimum absolute atomic E-state index is 0.0232. The van der Waals surface area contributed by atoms with Gasteiger partial charge in [-0.1, -0.05) is 79.2 Å². The van der Waals surface area contributed by atoms with Crippen LogP contribution in [0.2, 0.25) is 0 Å². The molecule has 0 N–H and O–H groups in total. The molecule has 0 heterocycles. The van der Waals surface area contributed by atoms with Crippen molar-refractivity contribution in [1.29, 1.82) is 0 Å². The lowest BCUT2D eigenvalue weighted by Gasteiger charge is -2.51. The molecule has 3 aliphatic rings. The molecule has 6 rings (SSSR count). The molecule has 0 spiro atoms. The average molecular weight is 345 g/mol. The van der Waals surface area contributed by atoms with Crippen LogP contribution in [0, 0.1) is 0 Å². The van der Waals surface area contributed by atoms with Gasteiger partial charge in [-0.25, -0.2) is 0 Å². The van der Waals surface area contributed by atoms with E-state index in [4.69, 9.17) is 11.6 Å². The van der Waals surface area contributed by atoms with Crippen LogP contribution < -0.4 is 0 Å². The third kappa shape index (κ3) is 1.95. The monoisotopic (exact) mass is 344 g/mol. The summed E-state index contributed by atoms with van der Waals surface area (Å²) < 4.78 is 0. The van der Waals surface area contributed by atoms with Gasteiger partial charge in [0.2, 0.25) is 0 Å². The quantitative estimate of drug-likeness (QED) is 0.388. The van der Waals surface area contributed by atoms with Gasteiger partial charge < -0.3 is 0 Å². The number of unbranched alkanes of at least 4 members (excludes halogenated alkanes) is 1. The van der Waals surface area contributed by atoms with Gasteiger partial charge in [-0.2, -0.15) is 0 Å². The lowest BCUT2D eigenvalue weighted by Crippen LogP contribution is -2.42. The van der Waals surface area contributed by atoms with E-state index in [-0.39, 0.29) is 5.41 Å². The molecule has 0 saturated carbocycles. The standard InChI is InChI=1S/C24H21Cl/c25-16-8-7-15-24-20-12-4-1-9-17(20)23(18-10-2-5-13-21(18)24)19-11-3-6-14-22(19)24/h1-6,9-14,23H,7-8,15-16H2. The first kappa shape index (κ1) is 15.2. The van der Waals surface area contributed by atoms with Crippen molar-refractivity contribution >= 4 is 11.6 Å². The van der Waals surface area contributed by atoms with Gasteiger partial charge in [0, 0.05) is 17.2 Å². The van der Waals surface area contributed by atoms with Crippen LogP contribution in [0.25, 0.3) is 0 Å². The van der Waals surface area contributed by atoms with E-state index >= 15 is 0 Å². The summed E-state index contributed by atoms with van der Waals surface area (Å²) in [7, 11) is 0. The molecule has 0 aromatic heterocycles. The molecule has 0 fully saturated rings. The Morgan fingerprint density at radius 1 is 0.640 bits per heavy atom. The van der Waals surface area contributed by atoms with Gasteiger partial charge in [0.15, 0.2) is 0 Å². The lowest BCUT2D eigenvalue weighted by molar-refractivity contribution is 0.482. The summed E-state index contributed by atoms with van der Waals surface area (Å²) in [5, 5.41) is 0. The van der Waals surface area contributed by atoms with E-state index in [1.165, 1.54) is 33.4 Å². The maximum absolute atomic E-state index is 6.02. The highest BCUT2D eigenvalue weighted by Gasteiger charge is 2.50. The Morgan fingerprint density at radius 2 is 1.08 bits per heavy atom. The van der Waals surface area contributed by atoms with E-state index in [2.05, 4.69) is 72.8 Å². The zero-order chi connectivity index (χ0) is 16.9. The Morgan fingerprint density at radius 3 is 1.52 bits per heavy atom. The van der Waals surface area contributed by atoms with E-state index in [9.17, 15) is 0 Å². The van der Waals surface area contributed by atoms with Crippen molar-refractivity contribution in [2.24, 2.45) is 0 Å². The molecule has 0 aliphatic heterocycles. The third-order valence-corrected chi connectivity index (χ3v) is 6.40. The van der Waals surface area contributed by atoms with Crippen LogP contribution in [-0.4, -0.2) is 5.88 Å². The van der Waals surface area contributed by atoms with E-state index in [0.29, 0.717) is 5.92 Å². The van der Waals surface area contributed by atoms with Crippen molar-refractivity contribution in [2.75, 3.05) is 5.88 Å². The molecule has 0 nitrogen and oxygen atoms in total. The summed E-state index contributed by atoms with van der Waals surface area (Å²) in [5.74, 6) is 1.11. The maximum Gasteiger partial charge on any atom is 0.0460 e. The van der Waals surface area contributed by atoms with Crippen LogP contribution in [0.5, 0.6) is 0 Å². The van der Waals surface area contributed by atoms with Crippen molar-refractivity contribution in [3.63, 3.8) is 0 Å². The minimum Gasteiger partial charge on any atom is -0.127 e. The van der Waals surface area contributed by atoms with E-state index in [1.54, 1.807) is 0 Å². The molecule has 0 unspecified atom stereocenters. The van der Waals surface area contributed by atoms with Crippen LogP contribution in [0.3, 0.4) is 0 Å². The van der Waals surface area contributed by atoms with E-state index in [0.717, 1.165) is 25.1 Å². The topological polar surface area (TPSA) is 0 Å². The Bertz CT molecular complexity index is 824. The molecule has 1 heteroatoms. The van der Waals surface area contributed by atoms with Crippen molar-refractivity contribution in [1.82, 2.24) is 0 Å². The van der Waals surface area contributed by atoms with Crippen LogP contribution in [-0.2, 0) is 5.41 Å². The first-order chi connectivity index (χ1) is 12.4. The molecule has 0 radical (unpaired) electrons. The van der Waals surface area contributed by atoms with Crippen LogP contribution >= 0.6 is 11.6 Å². The van der Waals surface area contributed by atoms with Gasteiger partial charge in [0.05, 0.1) is 0 Å². The minimum atomic E-state index is -0.0232. The number of alkyl halides is 1. The number of hydrogen-bond acceptors (Lipinski definition) is 0. The van der Waals surface area contributed by atoms with Crippen molar-refractivity contribution < 1.29 is 0 Å².